The molecule has 2 aromatic carbocycles. The molecule has 1 aromatic heterocycles. The Morgan fingerprint density at radius 2 is 1.90 bits per heavy atom. The number of urea groups is 1. The Morgan fingerprint density at radius 3 is 2.57 bits per heavy atom. The van der Waals surface area contributed by atoms with Gasteiger partial charge in [0.05, 0.1) is 31.1 Å². The van der Waals surface area contributed by atoms with Crippen molar-refractivity contribution < 1.29 is 9.53 Å². The quantitative estimate of drug-likeness (QED) is 0.599. The highest BCUT2D eigenvalue weighted by Crippen LogP contribution is 2.32. The van der Waals surface area contributed by atoms with E-state index in [-0.39, 0.29) is 12.1 Å². The SMILES string of the molecule is COc1ccc(-n2ccc(CNC(=O)N(CC3CC3)C(C)c3ccccc3)n2)cc1. The summed E-state index contributed by atoms with van der Waals surface area (Å²) in [6, 6.07) is 19.8. The van der Waals surface area contributed by atoms with Crippen LogP contribution in [0.3, 0.4) is 0 Å². The molecule has 0 aliphatic heterocycles. The van der Waals surface area contributed by atoms with Crippen LogP contribution in [-0.2, 0) is 6.54 Å². The third-order valence-corrected chi connectivity index (χ3v) is 5.56. The highest BCUT2D eigenvalue weighted by molar-refractivity contribution is 5.74. The molecule has 1 saturated carbocycles. The molecule has 156 valence electrons. The van der Waals surface area contributed by atoms with Crippen molar-refractivity contribution in [1.29, 1.82) is 0 Å². The molecule has 3 aromatic rings. The van der Waals surface area contributed by atoms with Gasteiger partial charge < -0.3 is 15.0 Å². The fraction of sp³-hybridized carbons (Fsp3) is 0.333. The fourth-order valence-corrected chi connectivity index (χ4v) is 3.51. The predicted molar refractivity (Wildman–Crippen MR) is 117 cm³/mol. The van der Waals surface area contributed by atoms with Crippen LogP contribution < -0.4 is 10.1 Å². The predicted octanol–water partition coefficient (Wildman–Crippen LogP) is 4.56. The largest absolute Gasteiger partial charge is 0.497 e. The van der Waals surface area contributed by atoms with E-state index in [0.29, 0.717) is 12.5 Å². The number of methoxy groups -OCH3 is 1. The van der Waals surface area contributed by atoms with E-state index >= 15 is 0 Å². The Hall–Kier alpha value is -3.28. The van der Waals surface area contributed by atoms with E-state index in [2.05, 4.69) is 29.5 Å². The molecule has 4 rings (SSSR count). The second-order valence-electron chi connectivity index (χ2n) is 7.79. The van der Waals surface area contributed by atoms with Gasteiger partial charge in [0, 0.05) is 12.7 Å². The average Bonchev–Trinajstić information content (AvgIpc) is 3.50. The highest BCUT2D eigenvalue weighted by atomic mass is 16.5. The number of nitrogens with one attached hydrogen (secondary N) is 1. The van der Waals surface area contributed by atoms with E-state index in [0.717, 1.165) is 29.2 Å². The first-order valence-corrected chi connectivity index (χ1v) is 10.4. The van der Waals surface area contributed by atoms with Crippen LogP contribution in [0.2, 0.25) is 0 Å². The Balaban J connectivity index is 1.40. The maximum atomic E-state index is 13.0. The molecule has 1 aliphatic rings. The summed E-state index contributed by atoms with van der Waals surface area (Å²) >= 11 is 0. The summed E-state index contributed by atoms with van der Waals surface area (Å²) < 4.78 is 7.00. The van der Waals surface area contributed by atoms with Crippen molar-refractivity contribution in [3.8, 4) is 11.4 Å². The van der Waals surface area contributed by atoms with Gasteiger partial charge in [-0.15, -0.1) is 0 Å². The van der Waals surface area contributed by atoms with Gasteiger partial charge in [-0.2, -0.15) is 5.10 Å². The summed E-state index contributed by atoms with van der Waals surface area (Å²) in [6.45, 7) is 3.28. The fourth-order valence-electron chi connectivity index (χ4n) is 3.51. The molecule has 1 unspecified atom stereocenters. The molecular weight excluding hydrogens is 376 g/mol. The summed E-state index contributed by atoms with van der Waals surface area (Å²) in [5.41, 5.74) is 2.91. The number of ether oxygens (including phenoxy) is 1. The van der Waals surface area contributed by atoms with Gasteiger partial charge in [-0.1, -0.05) is 30.3 Å². The van der Waals surface area contributed by atoms with Crippen LogP contribution in [0.25, 0.3) is 5.69 Å². The molecular formula is C24H28N4O2. The second-order valence-corrected chi connectivity index (χ2v) is 7.79. The number of hydrogen-bond acceptors (Lipinski definition) is 3. The number of benzene rings is 2. The van der Waals surface area contributed by atoms with Crippen molar-refractivity contribution >= 4 is 6.03 Å². The molecule has 30 heavy (non-hydrogen) atoms. The molecule has 6 heteroatoms. The van der Waals surface area contributed by atoms with Crippen LogP contribution in [0, 0.1) is 5.92 Å². The lowest BCUT2D eigenvalue weighted by atomic mass is 10.1. The minimum Gasteiger partial charge on any atom is -0.497 e. The van der Waals surface area contributed by atoms with Crippen LogP contribution in [0.5, 0.6) is 5.75 Å². The third kappa shape index (κ3) is 4.82. The van der Waals surface area contributed by atoms with Crippen molar-refractivity contribution in [2.45, 2.75) is 32.4 Å². The van der Waals surface area contributed by atoms with E-state index < -0.39 is 0 Å². The number of aromatic nitrogens is 2. The van der Waals surface area contributed by atoms with E-state index in [1.54, 1.807) is 11.8 Å². The van der Waals surface area contributed by atoms with E-state index in [9.17, 15) is 4.79 Å². The zero-order valence-corrected chi connectivity index (χ0v) is 17.5. The summed E-state index contributed by atoms with van der Waals surface area (Å²) in [4.78, 5) is 15.0. The van der Waals surface area contributed by atoms with Gasteiger partial charge in [-0.05, 0) is 61.6 Å². The average molecular weight is 405 g/mol. The standard InChI is InChI=1S/C24H28N4O2/c1-18(20-6-4-3-5-7-20)27(17-19-8-9-19)24(29)25-16-21-14-15-28(26-21)22-10-12-23(30-2)13-11-22/h3-7,10-15,18-19H,8-9,16-17H2,1-2H3,(H,25,29). The van der Waals surface area contributed by atoms with Crippen LogP contribution in [0.4, 0.5) is 4.79 Å². The van der Waals surface area contributed by atoms with Crippen LogP contribution in [-0.4, -0.2) is 34.4 Å². The Labute approximate surface area is 177 Å². The van der Waals surface area contributed by atoms with E-state index in [1.165, 1.54) is 12.8 Å². The van der Waals surface area contributed by atoms with Gasteiger partial charge in [0.2, 0.25) is 0 Å². The highest BCUT2D eigenvalue weighted by Gasteiger charge is 2.30. The van der Waals surface area contributed by atoms with Gasteiger partial charge in [-0.25, -0.2) is 9.48 Å². The van der Waals surface area contributed by atoms with Crippen molar-refractivity contribution in [3.05, 3.63) is 78.1 Å². The maximum absolute atomic E-state index is 13.0. The monoisotopic (exact) mass is 404 g/mol. The lowest BCUT2D eigenvalue weighted by Gasteiger charge is -2.30. The summed E-state index contributed by atoms with van der Waals surface area (Å²) in [5, 5.41) is 7.64. The van der Waals surface area contributed by atoms with Gasteiger partial charge in [-0.3, -0.25) is 0 Å². The molecule has 0 radical (unpaired) electrons. The van der Waals surface area contributed by atoms with Crippen LogP contribution >= 0.6 is 0 Å². The molecule has 1 aliphatic carbocycles. The van der Waals surface area contributed by atoms with E-state index in [4.69, 9.17) is 4.74 Å². The van der Waals surface area contributed by atoms with Crippen molar-refractivity contribution in [1.82, 2.24) is 20.0 Å². The van der Waals surface area contributed by atoms with Crippen molar-refractivity contribution in [3.63, 3.8) is 0 Å². The number of rotatable bonds is 8. The minimum absolute atomic E-state index is 0.0312. The Bertz CT molecular complexity index is 964. The van der Waals surface area contributed by atoms with Crippen molar-refractivity contribution in [2.75, 3.05) is 13.7 Å². The second kappa shape index (κ2) is 9.03. The zero-order valence-electron chi connectivity index (χ0n) is 17.5. The number of amides is 2. The lowest BCUT2D eigenvalue weighted by Crippen LogP contribution is -2.42. The Morgan fingerprint density at radius 1 is 1.17 bits per heavy atom. The maximum Gasteiger partial charge on any atom is 0.318 e. The molecule has 1 heterocycles. The summed E-state index contributed by atoms with van der Waals surface area (Å²) in [6.07, 6.45) is 4.31. The lowest BCUT2D eigenvalue weighted by molar-refractivity contribution is 0.175. The van der Waals surface area contributed by atoms with Crippen LogP contribution in [0.15, 0.2) is 66.9 Å². The molecule has 0 saturated heterocycles. The first-order valence-electron chi connectivity index (χ1n) is 10.4. The first-order chi connectivity index (χ1) is 14.6. The number of nitrogens with zero attached hydrogens (tertiary/aromatic N) is 3. The third-order valence-electron chi connectivity index (χ3n) is 5.56. The van der Waals surface area contributed by atoms with Crippen molar-refractivity contribution in [2.24, 2.45) is 5.92 Å². The van der Waals surface area contributed by atoms with Gasteiger partial charge >= 0.3 is 6.03 Å². The molecule has 1 atom stereocenters. The number of carbonyl (C=O) groups is 1. The topological polar surface area (TPSA) is 59.4 Å². The van der Waals surface area contributed by atoms with E-state index in [1.807, 2.05) is 59.6 Å². The number of carbonyl (C=O) groups excluding carboxylic acids is 1. The van der Waals surface area contributed by atoms with Gasteiger partial charge in [0.25, 0.3) is 0 Å². The smallest absolute Gasteiger partial charge is 0.318 e. The molecule has 6 nitrogen and oxygen atoms in total. The summed E-state index contributed by atoms with van der Waals surface area (Å²) in [5.74, 6) is 1.43. The molecule has 1 fully saturated rings. The molecule has 2 amide bonds. The number of hydrogen-bond donors (Lipinski definition) is 1. The molecule has 0 bridgehead atoms. The molecule has 0 spiro atoms. The molecule has 1 N–H and O–H groups in total. The normalized spacial score (nSPS) is 14.2. The van der Waals surface area contributed by atoms with Gasteiger partial charge in [0.15, 0.2) is 0 Å². The first kappa shape index (κ1) is 20.0. The Kier molecular flexibility index (Phi) is 6.02. The summed E-state index contributed by atoms with van der Waals surface area (Å²) in [7, 11) is 1.65. The van der Waals surface area contributed by atoms with Crippen LogP contribution in [0.1, 0.15) is 37.1 Å². The zero-order chi connectivity index (χ0) is 20.9. The minimum atomic E-state index is -0.0442. The van der Waals surface area contributed by atoms with Gasteiger partial charge in [0.1, 0.15) is 5.75 Å².